The molecule has 1 amide bonds. The molecule has 1 atom stereocenters. The maximum absolute atomic E-state index is 10.1. The van der Waals surface area contributed by atoms with Crippen LogP contribution in [-0.4, -0.2) is 29.7 Å². The summed E-state index contributed by atoms with van der Waals surface area (Å²) in [5.74, 6) is 0. The zero-order chi connectivity index (χ0) is 6.15. The normalized spacial score (nSPS) is 29.8. The van der Waals surface area contributed by atoms with Gasteiger partial charge in [-0.15, -0.1) is 0 Å². The number of hydrogen-bond donors (Lipinski definition) is 2. The molecule has 2 N–H and O–H groups in total. The van der Waals surface area contributed by atoms with E-state index in [0.29, 0.717) is 0 Å². The number of carbonyl (C=O) groups is 1. The summed E-state index contributed by atoms with van der Waals surface area (Å²) in [7, 11) is 1.45. The molecule has 0 aromatic rings. The van der Waals surface area contributed by atoms with Crippen LogP contribution in [0.15, 0.2) is 0 Å². The van der Waals surface area contributed by atoms with E-state index in [1.807, 2.05) is 0 Å². The maximum atomic E-state index is 10.1. The predicted octanol–water partition coefficient (Wildman–Crippen LogP) is -1.15. The molecule has 0 bridgehead atoms. The SMILES string of the molecule is CN1OC(=O)NC1O. The first-order valence-corrected chi connectivity index (χ1v) is 2.09. The number of aliphatic hydroxyl groups is 1. The summed E-state index contributed by atoms with van der Waals surface area (Å²) >= 11 is 0. The van der Waals surface area contributed by atoms with E-state index in [-0.39, 0.29) is 0 Å². The van der Waals surface area contributed by atoms with E-state index in [1.165, 1.54) is 7.05 Å². The third-order valence-electron chi connectivity index (χ3n) is 0.818. The Labute approximate surface area is 45.8 Å². The number of nitrogens with zero attached hydrogens (tertiary/aromatic N) is 1. The summed E-state index contributed by atoms with van der Waals surface area (Å²) < 4.78 is 0. The highest BCUT2D eigenvalue weighted by Crippen LogP contribution is 1.98. The molecule has 0 aliphatic carbocycles. The number of rotatable bonds is 0. The Bertz CT molecular complexity index is 103. The first-order chi connectivity index (χ1) is 3.70. The number of nitrogens with one attached hydrogen (secondary N) is 1. The van der Waals surface area contributed by atoms with Crippen molar-refractivity contribution in [1.29, 1.82) is 0 Å². The van der Waals surface area contributed by atoms with Crippen LogP contribution in [0.25, 0.3) is 0 Å². The van der Waals surface area contributed by atoms with E-state index < -0.39 is 12.4 Å². The lowest BCUT2D eigenvalue weighted by atomic mass is 10.9. The van der Waals surface area contributed by atoms with Gasteiger partial charge in [-0.1, -0.05) is 5.06 Å². The Balaban J connectivity index is 2.51. The first kappa shape index (κ1) is 5.33. The van der Waals surface area contributed by atoms with E-state index in [2.05, 4.69) is 10.2 Å². The van der Waals surface area contributed by atoms with Gasteiger partial charge in [0.15, 0.2) is 0 Å². The Morgan fingerprint density at radius 1 is 2.00 bits per heavy atom. The molecule has 5 heteroatoms. The average Bonchev–Trinajstić information content (AvgIpc) is 1.85. The molecule has 0 radical (unpaired) electrons. The highest BCUT2D eigenvalue weighted by Gasteiger charge is 2.25. The maximum Gasteiger partial charge on any atom is 0.429 e. The molecule has 46 valence electrons. The monoisotopic (exact) mass is 118 g/mol. The molecule has 1 saturated heterocycles. The summed E-state index contributed by atoms with van der Waals surface area (Å²) in [4.78, 5) is 14.4. The van der Waals surface area contributed by atoms with Crippen LogP contribution in [-0.2, 0) is 4.84 Å². The fourth-order valence-corrected chi connectivity index (χ4v) is 0.403. The van der Waals surface area contributed by atoms with E-state index in [1.54, 1.807) is 0 Å². The van der Waals surface area contributed by atoms with Gasteiger partial charge in [-0.3, -0.25) is 5.32 Å². The van der Waals surface area contributed by atoms with E-state index in [0.717, 1.165) is 5.06 Å². The first-order valence-electron chi connectivity index (χ1n) is 2.09. The number of amides is 1. The number of hydroxylamine groups is 2. The highest BCUT2D eigenvalue weighted by atomic mass is 16.8. The molecule has 1 aliphatic heterocycles. The van der Waals surface area contributed by atoms with Crippen LogP contribution < -0.4 is 5.32 Å². The van der Waals surface area contributed by atoms with E-state index in [9.17, 15) is 4.79 Å². The molecule has 0 saturated carbocycles. The van der Waals surface area contributed by atoms with Gasteiger partial charge in [0.1, 0.15) is 0 Å². The van der Waals surface area contributed by atoms with Crippen molar-refractivity contribution in [3.05, 3.63) is 0 Å². The van der Waals surface area contributed by atoms with Crippen LogP contribution in [0.2, 0.25) is 0 Å². The second-order valence-electron chi connectivity index (χ2n) is 1.44. The van der Waals surface area contributed by atoms with Crippen molar-refractivity contribution >= 4 is 6.09 Å². The van der Waals surface area contributed by atoms with Gasteiger partial charge < -0.3 is 9.94 Å². The molecule has 1 aliphatic rings. The van der Waals surface area contributed by atoms with Gasteiger partial charge in [-0.2, -0.15) is 0 Å². The lowest BCUT2D eigenvalue weighted by Gasteiger charge is -2.06. The van der Waals surface area contributed by atoms with Crippen molar-refractivity contribution in [2.24, 2.45) is 0 Å². The molecule has 1 fully saturated rings. The molecule has 8 heavy (non-hydrogen) atoms. The van der Waals surface area contributed by atoms with Crippen LogP contribution in [0, 0.1) is 0 Å². The lowest BCUT2D eigenvalue weighted by molar-refractivity contribution is -0.135. The predicted molar refractivity (Wildman–Crippen MR) is 23.4 cm³/mol. The van der Waals surface area contributed by atoms with Crippen LogP contribution >= 0.6 is 0 Å². The summed E-state index contributed by atoms with van der Waals surface area (Å²) in [6.45, 7) is 0. The molecular weight excluding hydrogens is 112 g/mol. The fourth-order valence-electron chi connectivity index (χ4n) is 0.403. The zero-order valence-electron chi connectivity index (χ0n) is 4.29. The van der Waals surface area contributed by atoms with Gasteiger partial charge in [0.2, 0.25) is 6.35 Å². The van der Waals surface area contributed by atoms with Crippen molar-refractivity contribution in [2.45, 2.75) is 6.35 Å². The minimum Gasteiger partial charge on any atom is -0.359 e. The Kier molecular flexibility index (Phi) is 1.07. The topological polar surface area (TPSA) is 61.8 Å². The fraction of sp³-hybridized carbons (Fsp3) is 0.667. The molecule has 1 rings (SSSR count). The quantitative estimate of drug-likeness (QED) is 0.421. The van der Waals surface area contributed by atoms with Crippen molar-refractivity contribution in [3.63, 3.8) is 0 Å². The molecule has 0 aromatic heterocycles. The van der Waals surface area contributed by atoms with Crippen molar-refractivity contribution < 1.29 is 14.7 Å². The third-order valence-corrected chi connectivity index (χ3v) is 0.818. The molecule has 0 spiro atoms. The molecular formula is C3H6N2O3. The Morgan fingerprint density at radius 2 is 2.62 bits per heavy atom. The van der Waals surface area contributed by atoms with Crippen LogP contribution in [0.5, 0.6) is 0 Å². The average molecular weight is 118 g/mol. The van der Waals surface area contributed by atoms with Crippen LogP contribution in [0.1, 0.15) is 0 Å². The summed E-state index contributed by atoms with van der Waals surface area (Å²) in [6, 6.07) is 0. The standard InChI is InChI=1S/C3H6N2O3/c1-5-2(6)4-3(7)8-5/h2,6H,1H3,(H,4,7). The van der Waals surface area contributed by atoms with Crippen LogP contribution in [0.3, 0.4) is 0 Å². The van der Waals surface area contributed by atoms with Gasteiger partial charge in [0.25, 0.3) is 0 Å². The summed E-state index contributed by atoms with van der Waals surface area (Å²) in [5.41, 5.74) is 0. The molecule has 5 nitrogen and oxygen atoms in total. The second kappa shape index (κ2) is 1.61. The van der Waals surface area contributed by atoms with Gasteiger partial charge >= 0.3 is 6.09 Å². The lowest BCUT2D eigenvalue weighted by Crippen LogP contribution is -2.32. The van der Waals surface area contributed by atoms with Gasteiger partial charge in [-0.05, 0) is 0 Å². The van der Waals surface area contributed by atoms with E-state index in [4.69, 9.17) is 5.11 Å². The van der Waals surface area contributed by atoms with Crippen molar-refractivity contribution in [1.82, 2.24) is 10.4 Å². The summed E-state index contributed by atoms with van der Waals surface area (Å²) in [5, 5.41) is 11.7. The minimum absolute atomic E-state index is 0.625. The Morgan fingerprint density at radius 3 is 2.75 bits per heavy atom. The zero-order valence-corrected chi connectivity index (χ0v) is 4.29. The molecule has 1 heterocycles. The minimum atomic E-state index is -0.998. The molecule has 0 aromatic carbocycles. The molecule has 1 unspecified atom stereocenters. The van der Waals surface area contributed by atoms with Crippen molar-refractivity contribution in [3.8, 4) is 0 Å². The number of aliphatic hydroxyl groups excluding tert-OH is 1. The van der Waals surface area contributed by atoms with Crippen LogP contribution in [0.4, 0.5) is 4.79 Å². The highest BCUT2D eigenvalue weighted by molar-refractivity contribution is 5.68. The smallest absolute Gasteiger partial charge is 0.359 e. The Hall–Kier alpha value is -0.810. The van der Waals surface area contributed by atoms with E-state index >= 15 is 0 Å². The summed E-state index contributed by atoms with van der Waals surface area (Å²) in [6.07, 6.45) is -1.62. The van der Waals surface area contributed by atoms with Crippen molar-refractivity contribution in [2.75, 3.05) is 7.05 Å². The van der Waals surface area contributed by atoms with Gasteiger partial charge in [-0.25, -0.2) is 4.79 Å². The second-order valence-corrected chi connectivity index (χ2v) is 1.44. The largest absolute Gasteiger partial charge is 0.429 e. The van der Waals surface area contributed by atoms with Gasteiger partial charge in [0, 0.05) is 7.05 Å². The van der Waals surface area contributed by atoms with Gasteiger partial charge in [0.05, 0.1) is 0 Å². The number of carbonyl (C=O) groups excluding carboxylic acids is 1. The third kappa shape index (κ3) is 0.728. The number of hydrogen-bond acceptors (Lipinski definition) is 4.